The highest BCUT2D eigenvalue weighted by Gasteiger charge is 2.34. The molecule has 0 saturated carbocycles. The fraction of sp³-hybridized carbons (Fsp3) is 0.227. The van der Waals surface area contributed by atoms with Crippen molar-refractivity contribution in [2.45, 2.75) is 6.92 Å². The zero-order chi connectivity index (χ0) is 22.5. The molecule has 162 valence electrons. The Morgan fingerprint density at radius 3 is 2.13 bits per heavy atom. The summed E-state index contributed by atoms with van der Waals surface area (Å²) >= 11 is 5.23. The number of benzene rings is 2. The Kier molecular flexibility index (Phi) is 6.76. The quantitative estimate of drug-likeness (QED) is 0.401. The maximum Gasteiger partial charge on any atom is 0.270 e. The van der Waals surface area contributed by atoms with Gasteiger partial charge in [-0.3, -0.25) is 19.8 Å². The van der Waals surface area contributed by atoms with Crippen LogP contribution in [0.5, 0.6) is 23.0 Å². The van der Waals surface area contributed by atoms with Crippen molar-refractivity contribution in [1.29, 1.82) is 0 Å². The van der Waals surface area contributed by atoms with Gasteiger partial charge < -0.3 is 18.9 Å². The number of rotatable bonds is 7. The Hall–Kier alpha value is -3.59. The Bertz CT molecular complexity index is 1020. The van der Waals surface area contributed by atoms with Crippen LogP contribution in [0.2, 0.25) is 0 Å². The first-order valence-electron chi connectivity index (χ1n) is 9.37. The molecule has 0 spiro atoms. The van der Waals surface area contributed by atoms with Gasteiger partial charge in [0, 0.05) is 0 Å². The van der Waals surface area contributed by atoms with Crippen molar-refractivity contribution < 1.29 is 28.5 Å². The average Bonchev–Trinajstić information content (AvgIpc) is 2.77. The molecule has 1 aliphatic rings. The summed E-state index contributed by atoms with van der Waals surface area (Å²) in [7, 11) is 4.46. The van der Waals surface area contributed by atoms with E-state index in [1.807, 2.05) is 6.92 Å². The standard InChI is InChI=1S/C22H22N2O6S/c1-5-30-15-8-6-14(7-9-15)24-21(26)16(20(25)23-22(24)31)10-13-11-17(27-2)19(29-4)18(12-13)28-3/h6-12H,5H2,1-4H3,(H,23,25,31)/b16-10-. The molecule has 1 aliphatic heterocycles. The van der Waals surface area contributed by atoms with Crippen molar-refractivity contribution in [3.05, 3.63) is 47.5 Å². The molecule has 9 heteroatoms. The first-order valence-corrected chi connectivity index (χ1v) is 9.78. The summed E-state index contributed by atoms with van der Waals surface area (Å²) in [4.78, 5) is 27.0. The molecule has 0 bridgehead atoms. The van der Waals surface area contributed by atoms with Gasteiger partial charge in [-0.05, 0) is 67.2 Å². The van der Waals surface area contributed by atoms with Gasteiger partial charge in [-0.25, -0.2) is 0 Å². The van der Waals surface area contributed by atoms with Crippen LogP contribution in [0.15, 0.2) is 42.0 Å². The van der Waals surface area contributed by atoms with Crippen molar-refractivity contribution >= 4 is 40.9 Å². The predicted octanol–water partition coefficient (Wildman–Crippen LogP) is 2.94. The second-order valence-corrected chi connectivity index (χ2v) is 6.73. The van der Waals surface area contributed by atoms with Gasteiger partial charge in [0.15, 0.2) is 16.6 Å². The van der Waals surface area contributed by atoms with Crippen molar-refractivity contribution in [3.63, 3.8) is 0 Å². The lowest BCUT2D eigenvalue weighted by Crippen LogP contribution is -2.54. The number of hydrogen-bond donors (Lipinski definition) is 1. The van der Waals surface area contributed by atoms with Gasteiger partial charge in [0.05, 0.1) is 33.6 Å². The van der Waals surface area contributed by atoms with Crippen LogP contribution in [0, 0.1) is 0 Å². The molecule has 2 amide bonds. The third-order valence-electron chi connectivity index (χ3n) is 4.51. The van der Waals surface area contributed by atoms with Crippen LogP contribution in [0.25, 0.3) is 6.08 Å². The molecule has 0 radical (unpaired) electrons. The highest BCUT2D eigenvalue weighted by Crippen LogP contribution is 2.39. The smallest absolute Gasteiger partial charge is 0.270 e. The topological polar surface area (TPSA) is 86.3 Å². The number of ether oxygens (including phenoxy) is 4. The summed E-state index contributed by atoms with van der Waals surface area (Å²) in [6, 6.07) is 10.1. The van der Waals surface area contributed by atoms with Crippen LogP contribution in [0.1, 0.15) is 12.5 Å². The van der Waals surface area contributed by atoms with Crippen LogP contribution >= 0.6 is 12.2 Å². The van der Waals surface area contributed by atoms with Gasteiger partial charge in [-0.1, -0.05) is 0 Å². The lowest BCUT2D eigenvalue weighted by atomic mass is 10.1. The Morgan fingerprint density at radius 1 is 1.00 bits per heavy atom. The largest absolute Gasteiger partial charge is 0.494 e. The van der Waals surface area contributed by atoms with Crippen LogP contribution in [0.4, 0.5) is 5.69 Å². The molecule has 0 aromatic heterocycles. The predicted molar refractivity (Wildman–Crippen MR) is 120 cm³/mol. The summed E-state index contributed by atoms with van der Waals surface area (Å²) in [6.07, 6.45) is 1.45. The fourth-order valence-electron chi connectivity index (χ4n) is 3.10. The highest BCUT2D eigenvalue weighted by atomic mass is 32.1. The molecule has 0 aliphatic carbocycles. The molecule has 3 rings (SSSR count). The second-order valence-electron chi connectivity index (χ2n) is 6.34. The molecule has 2 aromatic carbocycles. The molecule has 0 unspecified atom stereocenters. The molecule has 0 atom stereocenters. The summed E-state index contributed by atoms with van der Waals surface area (Å²) in [5.41, 5.74) is 0.943. The van der Waals surface area contributed by atoms with Gasteiger partial charge in [0.1, 0.15) is 11.3 Å². The van der Waals surface area contributed by atoms with E-state index >= 15 is 0 Å². The molecule has 1 saturated heterocycles. The van der Waals surface area contributed by atoms with E-state index in [1.165, 1.54) is 32.3 Å². The third-order valence-corrected chi connectivity index (χ3v) is 4.79. The van der Waals surface area contributed by atoms with E-state index in [4.69, 9.17) is 31.2 Å². The number of hydrogen-bond acceptors (Lipinski definition) is 7. The average molecular weight is 442 g/mol. The first-order chi connectivity index (χ1) is 14.9. The van der Waals surface area contributed by atoms with E-state index in [0.29, 0.717) is 40.9 Å². The van der Waals surface area contributed by atoms with E-state index in [-0.39, 0.29) is 10.7 Å². The summed E-state index contributed by atoms with van der Waals surface area (Å²) in [6.45, 7) is 2.41. The fourth-order valence-corrected chi connectivity index (χ4v) is 3.38. The highest BCUT2D eigenvalue weighted by molar-refractivity contribution is 7.80. The third kappa shape index (κ3) is 4.46. The number of thiocarbonyl (C=S) groups is 1. The normalized spacial score (nSPS) is 15.0. The molecule has 31 heavy (non-hydrogen) atoms. The van der Waals surface area contributed by atoms with Gasteiger partial charge >= 0.3 is 0 Å². The Balaban J connectivity index is 2.01. The van der Waals surface area contributed by atoms with Crippen molar-refractivity contribution in [2.24, 2.45) is 0 Å². The summed E-state index contributed by atoms with van der Waals surface area (Å²) in [5, 5.41) is 2.56. The SMILES string of the molecule is CCOc1ccc(N2C(=O)/C(=C\c3cc(OC)c(OC)c(OC)c3)C(=O)NC2=S)cc1. The van der Waals surface area contributed by atoms with E-state index in [0.717, 1.165) is 0 Å². The number of carbonyl (C=O) groups is 2. The van der Waals surface area contributed by atoms with Crippen molar-refractivity contribution in [2.75, 3.05) is 32.8 Å². The van der Waals surface area contributed by atoms with Gasteiger partial charge in [-0.2, -0.15) is 0 Å². The monoisotopic (exact) mass is 442 g/mol. The second kappa shape index (κ2) is 9.48. The number of methoxy groups -OCH3 is 3. The molecule has 1 N–H and O–H groups in total. The lowest BCUT2D eigenvalue weighted by Gasteiger charge is -2.29. The number of nitrogens with zero attached hydrogens (tertiary/aromatic N) is 1. The maximum absolute atomic E-state index is 13.2. The van der Waals surface area contributed by atoms with Crippen molar-refractivity contribution in [3.8, 4) is 23.0 Å². The van der Waals surface area contributed by atoms with E-state index in [1.54, 1.807) is 36.4 Å². The first kappa shape index (κ1) is 22.1. The lowest BCUT2D eigenvalue weighted by molar-refractivity contribution is -0.122. The van der Waals surface area contributed by atoms with Crippen LogP contribution in [0.3, 0.4) is 0 Å². The Morgan fingerprint density at radius 2 is 1.61 bits per heavy atom. The zero-order valence-electron chi connectivity index (χ0n) is 17.6. The Labute approximate surface area is 185 Å². The van der Waals surface area contributed by atoms with E-state index in [2.05, 4.69) is 5.32 Å². The minimum absolute atomic E-state index is 0.00111. The van der Waals surface area contributed by atoms with Gasteiger partial charge in [0.25, 0.3) is 11.8 Å². The number of carbonyl (C=O) groups excluding carboxylic acids is 2. The molecular weight excluding hydrogens is 420 g/mol. The van der Waals surface area contributed by atoms with Gasteiger partial charge in [0.2, 0.25) is 5.75 Å². The zero-order valence-corrected chi connectivity index (χ0v) is 18.4. The maximum atomic E-state index is 13.2. The summed E-state index contributed by atoms with van der Waals surface area (Å²) < 4.78 is 21.4. The molecular formula is C22H22N2O6S. The minimum atomic E-state index is -0.592. The van der Waals surface area contributed by atoms with E-state index < -0.39 is 11.8 Å². The summed E-state index contributed by atoms with van der Waals surface area (Å²) in [5.74, 6) is 0.729. The van der Waals surface area contributed by atoms with Crippen molar-refractivity contribution in [1.82, 2.24) is 5.32 Å². The molecule has 2 aromatic rings. The van der Waals surface area contributed by atoms with Crippen LogP contribution in [-0.2, 0) is 9.59 Å². The molecule has 8 nitrogen and oxygen atoms in total. The number of anilines is 1. The minimum Gasteiger partial charge on any atom is -0.494 e. The number of nitrogens with one attached hydrogen (secondary N) is 1. The van der Waals surface area contributed by atoms with E-state index in [9.17, 15) is 9.59 Å². The van der Waals surface area contributed by atoms with Gasteiger partial charge in [-0.15, -0.1) is 0 Å². The molecule has 1 heterocycles. The molecule has 1 fully saturated rings. The number of amides is 2. The van der Waals surface area contributed by atoms with Crippen LogP contribution < -0.4 is 29.2 Å². The van der Waals surface area contributed by atoms with Crippen LogP contribution in [-0.4, -0.2) is 44.9 Å².